The van der Waals surface area contributed by atoms with Gasteiger partial charge in [-0.25, -0.2) is 9.37 Å². The number of carbonyl (C=O) groups is 1. The third kappa shape index (κ3) is 5.39. The number of aliphatic hydroxyl groups is 1. The van der Waals surface area contributed by atoms with Crippen LogP contribution in [0, 0.1) is 12.7 Å². The molecular formula is C28H29FN4O2S. The third-order valence-electron chi connectivity index (χ3n) is 6.67. The van der Waals surface area contributed by atoms with Gasteiger partial charge in [0.25, 0.3) is 5.91 Å². The summed E-state index contributed by atoms with van der Waals surface area (Å²) in [4.78, 5) is 27.2. The summed E-state index contributed by atoms with van der Waals surface area (Å²) in [6.45, 7) is 4.22. The first kappa shape index (κ1) is 24.3. The van der Waals surface area contributed by atoms with Crippen molar-refractivity contribution in [3.05, 3.63) is 87.6 Å². The number of rotatable bonds is 7. The molecule has 1 N–H and O–H groups in total. The minimum Gasteiger partial charge on any atom is -0.391 e. The Morgan fingerprint density at radius 2 is 2.08 bits per heavy atom. The minimum absolute atomic E-state index is 0.0893. The number of aryl methyl sites for hydroxylation is 1. The number of carbonyl (C=O) groups excluding carboxylic acids is 1. The van der Waals surface area contributed by atoms with Crippen LogP contribution in [0.1, 0.15) is 39.2 Å². The monoisotopic (exact) mass is 504 g/mol. The van der Waals surface area contributed by atoms with Crippen molar-refractivity contribution in [3.8, 4) is 0 Å². The summed E-state index contributed by atoms with van der Waals surface area (Å²) in [5.41, 5.74) is 5.59. The first-order chi connectivity index (χ1) is 17.5. The fourth-order valence-corrected chi connectivity index (χ4v) is 5.36. The number of para-hydroxylation sites is 1. The lowest BCUT2D eigenvalue weighted by Crippen LogP contribution is -2.40. The number of anilines is 1. The molecule has 1 aliphatic heterocycles. The van der Waals surface area contributed by atoms with Crippen LogP contribution >= 0.6 is 11.3 Å². The molecule has 1 unspecified atom stereocenters. The number of amides is 1. The van der Waals surface area contributed by atoms with Crippen molar-refractivity contribution in [1.29, 1.82) is 0 Å². The van der Waals surface area contributed by atoms with Crippen LogP contribution in [0.5, 0.6) is 0 Å². The molecule has 0 spiro atoms. The first-order valence-electron chi connectivity index (χ1n) is 12.2. The van der Waals surface area contributed by atoms with E-state index < -0.39 is 6.10 Å². The number of aromatic nitrogens is 2. The van der Waals surface area contributed by atoms with E-state index in [1.807, 2.05) is 30.0 Å². The molecular weight excluding hydrogens is 475 g/mol. The van der Waals surface area contributed by atoms with Crippen molar-refractivity contribution in [3.63, 3.8) is 0 Å². The van der Waals surface area contributed by atoms with Gasteiger partial charge in [0.1, 0.15) is 16.5 Å². The van der Waals surface area contributed by atoms with Crippen molar-refractivity contribution < 1.29 is 14.3 Å². The second-order valence-corrected chi connectivity index (χ2v) is 10.2. The molecule has 4 aromatic rings. The van der Waals surface area contributed by atoms with Crippen molar-refractivity contribution in [2.75, 3.05) is 24.5 Å². The summed E-state index contributed by atoms with van der Waals surface area (Å²) in [6, 6.07) is 14.6. The van der Waals surface area contributed by atoms with Gasteiger partial charge in [-0.2, -0.15) is 0 Å². The highest BCUT2D eigenvalue weighted by atomic mass is 32.1. The Kier molecular flexibility index (Phi) is 7.25. The molecule has 2 aromatic carbocycles. The lowest BCUT2D eigenvalue weighted by Gasteiger charge is -2.33. The topological polar surface area (TPSA) is 69.6 Å². The van der Waals surface area contributed by atoms with Crippen LogP contribution in [0.3, 0.4) is 0 Å². The molecule has 6 nitrogen and oxygen atoms in total. The Morgan fingerprint density at radius 1 is 1.25 bits per heavy atom. The van der Waals surface area contributed by atoms with Crippen LogP contribution in [0.2, 0.25) is 0 Å². The van der Waals surface area contributed by atoms with Gasteiger partial charge in [-0.3, -0.25) is 9.78 Å². The normalized spacial score (nSPS) is 15.9. The van der Waals surface area contributed by atoms with Gasteiger partial charge in [-0.1, -0.05) is 30.3 Å². The number of pyridine rings is 1. The van der Waals surface area contributed by atoms with Crippen molar-refractivity contribution in [2.24, 2.45) is 0 Å². The fraction of sp³-hybridized carbons (Fsp3) is 0.321. The number of nitrogens with zero attached hydrogens (tertiary/aromatic N) is 4. The van der Waals surface area contributed by atoms with E-state index >= 15 is 0 Å². The Bertz CT molecular complexity index is 1340. The molecule has 1 aliphatic rings. The molecule has 1 fully saturated rings. The number of benzene rings is 2. The van der Waals surface area contributed by atoms with Crippen LogP contribution in [0.4, 0.5) is 10.2 Å². The van der Waals surface area contributed by atoms with E-state index in [1.54, 1.807) is 23.8 Å². The highest BCUT2D eigenvalue weighted by Crippen LogP contribution is 2.29. The van der Waals surface area contributed by atoms with E-state index in [9.17, 15) is 14.3 Å². The number of piperidine rings is 1. The Labute approximate surface area is 214 Å². The van der Waals surface area contributed by atoms with Crippen LogP contribution in [-0.2, 0) is 13.0 Å². The average Bonchev–Trinajstić information content (AvgIpc) is 3.42. The molecule has 5 rings (SSSR count). The predicted octanol–water partition coefficient (Wildman–Crippen LogP) is 4.99. The largest absolute Gasteiger partial charge is 0.391 e. The molecule has 2 aromatic heterocycles. The molecule has 0 radical (unpaired) electrons. The molecule has 0 saturated carbocycles. The van der Waals surface area contributed by atoms with Crippen LogP contribution < -0.4 is 4.90 Å². The maximum atomic E-state index is 13.5. The smallest absolute Gasteiger partial charge is 0.265 e. The van der Waals surface area contributed by atoms with Crippen LogP contribution in [0.25, 0.3) is 10.9 Å². The van der Waals surface area contributed by atoms with E-state index in [0.717, 1.165) is 52.8 Å². The Morgan fingerprint density at radius 3 is 2.83 bits per heavy atom. The SMILES string of the molecule is Cc1cccc2cc(CN(CCc3ccc(F)cc3)C(=O)c3cncs3)c(N3CCCC(O)C3)nc12. The van der Waals surface area contributed by atoms with E-state index in [0.29, 0.717) is 30.9 Å². The maximum absolute atomic E-state index is 13.5. The molecule has 36 heavy (non-hydrogen) atoms. The summed E-state index contributed by atoms with van der Waals surface area (Å²) in [6.07, 6.45) is 3.48. The molecule has 8 heteroatoms. The average molecular weight is 505 g/mol. The van der Waals surface area contributed by atoms with E-state index in [2.05, 4.69) is 16.0 Å². The summed E-state index contributed by atoms with van der Waals surface area (Å²) in [5.74, 6) is 0.454. The number of aliphatic hydroxyl groups excluding tert-OH is 1. The zero-order chi connectivity index (χ0) is 25.1. The minimum atomic E-state index is -0.394. The quantitative estimate of drug-likeness (QED) is 0.384. The van der Waals surface area contributed by atoms with Crippen molar-refractivity contribution >= 4 is 34.0 Å². The zero-order valence-electron chi connectivity index (χ0n) is 20.2. The molecule has 186 valence electrons. The van der Waals surface area contributed by atoms with E-state index in [1.165, 1.54) is 23.5 Å². The lowest BCUT2D eigenvalue weighted by atomic mass is 10.0. The summed E-state index contributed by atoms with van der Waals surface area (Å²) >= 11 is 1.32. The highest BCUT2D eigenvalue weighted by molar-refractivity contribution is 7.11. The number of hydrogen-bond acceptors (Lipinski definition) is 6. The number of thiazole rings is 1. The number of hydrogen-bond donors (Lipinski definition) is 1. The molecule has 0 aliphatic carbocycles. The van der Waals surface area contributed by atoms with Gasteiger partial charge in [0.15, 0.2) is 0 Å². The van der Waals surface area contributed by atoms with Gasteiger partial charge in [0.05, 0.1) is 23.3 Å². The first-order valence-corrected chi connectivity index (χ1v) is 13.1. The molecule has 1 amide bonds. The van der Waals surface area contributed by atoms with Gasteiger partial charge >= 0.3 is 0 Å². The van der Waals surface area contributed by atoms with Gasteiger partial charge in [0, 0.05) is 37.1 Å². The van der Waals surface area contributed by atoms with Crippen LogP contribution in [0.15, 0.2) is 60.2 Å². The fourth-order valence-electron chi connectivity index (χ4n) is 4.77. The zero-order valence-corrected chi connectivity index (χ0v) is 21.0. The van der Waals surface area contributed by atoms with Crippen LogP contribution in [-0.4, -0.2) is 51.6 Å². The third-order valence-corrected chi connectivity index (χ3v) is 7.44. The van der Waals surface area contributed by atoms with Gasteiger partial charge in [-0.15, -0.1) is 11.3 Å². The standard InChI is InChI=1S/C28H29FN4O2S/c1-19-4-2-5-21-14-22(27(31-26(19)21)32-12-3-6-24(34)17-32)16-33(28(35)25-15-30-18-36-25)13-11-20-7-9-23(29)10-8-20/h2,4-5,7-10,14-15,18,24,34H,3,6,11-13,16-17H2,1H3. The molecule has 0 bridgehead atoms. The van der Waals surface area contributed by atoms with Gasteiger partial charge < -0.3 is 14.9 Å². The van der Waals surface area contributed by atoms with E-state index in [-0.39, 0.29) is 11.7 Å². The Hall–Kier alpha value is -3.36. The van der Waals surface area contributed by atoms with Crippen molar-refractivity contribution in [2.45, 2.75) is 38.8 Å². The number of fused-ring (bicyclic) bond motifs is 1. The van der Waals surface area contributed by atoms with Gasteiger partial charge in [0.2, 0.25) is 0 Å². The predicted molar refractivity (Wildman–Crippen MR) is 141 cm³/mol. The van der Waals surface area contributed by atoms with E-state index in [4.69, 9.17) is 4.98 Å². The summed E-state index contributed by atoms with van der Waals surface area (Å²) in [5, 5.41) is 11.4. The number of halogens is 1. The highest BCUT2D eigenvalue weighted by Gasteiger charge is 2.25. The molecule has 1 saturated heterocycles. The summed E-state index contributed by atoms with van der Waals surface area (Å²) < 4.78 is 13.4. The Balaban J connectivity index is 1.51. The molecule has 3 heterocycles. The lowest BCUT2D eigenvalue weighted by molar-refractivity contribution is 0.0749. The van der Waals surface area contributed by atoms with Crippen molar-refractivity contribution in [1.82, 2.24) is 14.9 Å². The second kappa shape index (κ2) is 10.7. The second-order valence-electron chi connectivity index (χ2n) is 9.33. The number of β-amino-alcohol motifs (C(OH)–C–C–N with tert-alkyl or cyclic N) is 1. The summed E-state index contributed by atoms with van der Waals surface area (Å²) in [7, 11) is 0. The van der Waals surface area contributed by atoms with Gasteiger partial charge in [-0.05, 0) is 55.5 Å². The molecule has 1 atom stereocenters. The maximum Gasteiger partial charge on any atom is 0.265 e.